The minimum absolute atomic E-state index is 0.0269. The highest BCUT2D eigenvalue weighted by molar-refractivity contribution is 7.10. The predicted octanol–water partition coefficient (Wildman–Crippen LogP) is 2.45. The zero-order valence-corrected chi connectivity index (χ0v) is 17.3. The highest BCUT2D eigenvalue weighted by atomic mass is 32.1. The highest BCUT2D eigenvalue weighted by Crippen LogP contribution is 2.37. The number of hydrazine groups is 1. The number of imide groups is 1. The van der Waals surface area contributed by atoms with Gasteiger partial charge in [-0.2, -0.15) is 5.01 Å². The Morgan fingerprint density at radius 1 is 1.28 bits per heavy atom. The number of carbonyl (C=O) groups is 3. The normalized spacial score (nSPS) is 24.3. The fourth-order valence-corrected chi connectivity index (χ4v) is 4.84. The lowest BCUT2D eigenvalue weighted by Gasteiger charge is -2.36. The van der Waals surface area contributed by atoms with Gasteiger partial charge in [0.2, 0.25) is 0 Å². The maximum absolute atomic E-state index is 12.8. The van der Waals surface area contributed by atoms with Crippen LogP contribution in [0.2, 0.25) is 0 Å². The number of hydrogen-bond donors (Lipinski definition) is 2. The first-order chi connectivity index (χ1) is 13.9. The third-order valence-corrected chi connectivity index (χ3v) is 6.73. The minimum atomic E-state index is -0.979. The van der Waals surface area contributed by atoms with E-state index < -0.39 is 17.5 Å². The molecule has 1 saturated heterocycles. The number of carbonyl (C=O) groups excluding carboxylic acids is 3. The Morgan fingerprint density at radius 3 is 2.72 bits per heavy atom. The van der Waals surface area contributed by atoms with Crippen molar-refractivity contribution in [1.82, 2.24) is 20.7 Å². The van der Waals surface area contributed by atoms with Gasteiger partial charge >= 0.3 is 6.03 Å². The first kappa shape index (κ1) is 19.6. The van der Waals surface area contributed by atoms with Crippen molar-refractivity contribution in [3.05, 3.63) is 57.8 Å². The smallest absolute Gasteiger partial charge is 0.322 e. The van der Waals surface area contributed by atoms with Crippen molar-refractivity contribution < 1.29 is 14.4 Å². The lowest BCUT2D eigenvalue weighted by atomic mass is 9.93. The molecule has 7 nitrogen and oxygen atoms in total. The van der Waals surface area contributed by atoms with Crippen LogP contribution in [-0.4, -0.2) is 46.4 Å². The van der Waals surface area contributed by atoms with Crippen LogP contribution in [0.1, 0.15) is 42.3 Å². The molecule has 152 valence electrons. The van der Waals surface area contributed by atoms with Gasteiger partial charge < -0.3 is 5.32 Å². The van der Waals surface area contributed by atoms with Crippen molar-refractivity contribution in [3.8, 4) is 0 Å². The largest absolute Gasteiger partial charge is 0.344 e. The molecule has 1 fully saturated rings. The number of rotatable bonds is 5. The van der Waals surface area contributed by atoms with Gasteiger partial charge in [0, 0.05) is 11.4 Å². The van der Waals surface area contributed by atoms with Crippen LogP contribution in [0.3, 0.4) is 0 Å². The summed E-state index contributed by atoms with van der Waals surface area (Å²) in [6.45, 7) is 4.30. The summed E-state index contributed by atoms with van der Waals surface area (Å²) in [7, 11) is 0. The van der Waals surface area contributed by atoms with Crippen LogP contribution in [0.5, 0.6) is 0 Å². The Balaban J connectivity index is 1.52. The lowest BCUT2D eigenvalue weighted by Crippen LogP contribution is -2.52. The van der Waals surface area contributed by atoms with Crippen molar-refractivity contribution in [2.45, 2.75) is 38.3 Å². The quantitative estimate of drug-likeness (QED) is 0.739. The van der Waals surface area contributed by atoms with Crippen LogP contribution in [0, 0.1) is 0 Å². The van der Waals surface area contributed by atoms with Gasteiger partial charge in [0.25, 0.3) is 11.8 Å². The topological polar surface area (TPSA) is 81.8 Å². The van der Waals surface area contributed by atoms with Gasteiger partial charge in [0.1, 0.15) is 5.54 Å². The van der Waals surface area contributed by atoms with E-state index in [1.165, 1.54) is 10.4 Å². The third-order valence-electron chi connectivity index (χ3n) is 5.73. The van der Waals surface area contributed by atoms with Gasteiger partial charge in [0.15, 0.2) is 0 Å². The number of benzene rings is 1. The molecule has 0 unspecified atom stereocenters. The Labute approximate surface area is 173 Å². The summed E-state index contributed by atoms with van der Waals surface area (Å²) < 4.78 is 0. The molecule has 29 heavy (non-hydrogen) atoms. The highest BCUT2D eigenvalue weighted by Gasteiger charge is 2.47. The monoisotopic (exact) mass is 412 g/mol. The molecular formula is C21H24N4O3S. The summed E-state index contributed by atoms with van der Waals surface area (Å²) in [6.07, 6.45) is 1.33. The van der Waals surface area contributed by atoms with E-state index in [1.807, 2.05) is 25.1 Å². The average molecular weight is 413 g/mol. The molecule has 0 spiro atoms. The van der Waals surface area contributed by atoms with E-state index in [1.54, 1.807) is 18.3 Å². The molecule has 3 heterocycles. The van der Waals surface area contributed by atoms with Crippen molar-refractivity contribution in [1.29, 1.82) is 0 Å². The van der Waals surface area contributed by atoms with Crippen molar-refractivity contribution >= 4 is 29.2 Å². The first-order valence-electron chi connectivity index (χ1n) is 9.74. The SMILES string of the molecule is CC[C@]1(C)NC(=O)N(NC(=O)CN2CCc3sccc3[C@H]2c2ccccc2)C1=O. The summed E-state index contributed by atoms with van der Waals surface area (Å²) in [4.78, 5) is 40.9. The molecule has 8 heteroatoms. The van der Waals surface area contributed by atoms with Crippen LogP contribution < -0.4 is 10.7 Å². The fraction of sp³-hybridized carbons (Fsp3) is 0.381. The third kappa shape index (κ3) is 3.54. The van der Waals surface area contributed by atoms with E-state index in [0.29, 0.717) is 6.42 Å². The molecule has 1 aromatic carbocycles. The van der Waals surface area contributed by atoms with Gasteiger partial charge in [-0.25, -0.2) is 4.79 Å². The van der Waals surface area contributed by atoms with E-state index in [9.17, 15) is 14.4 Å². The van der Waals surface area contributed by atoms with Crippen LogP contribution in [0.25, 0.3) is 0 Å². The Hall–Kier alpha value is -2.71. The maximum atomic E-state index is 12.8. The average Bonchev–Trinajstić information content (AvgIpc) is 3.27. The molecule has 2 atom stereocenters. The summed E-state index contributed by atoms with van der Waals surface area (Å²) in [5.74, 6) is -0.815. The van der Waals surface area contributed by atoms with E-state index in [-0.39, 0.29) is 18.5 Å². The molecule has 0 aliphatic carbocycles. The minimum Gasteiger partial charge on any atom is -0.322 e. The van der Waals surface area contributed by atoms with Crippen LogP contribution >= 0.6 is 11.3 Å². The second kappa shape index (κ2) is 7.61. The van der Waals surface area contributed by atoms with Crippen LogP contribution in [0.4, 0.5) is 4.79 Å². The Morgan fingerprint density at radius 2 is 2.03 bits per heavy atom. The molecule has 0 bridgehead atoms. The van der Waals surface area contributed by atoms with Gasteiger partial charge in [0.05, 0.1) is 12.6 Å². The van der Waals surface area contributed by atoms with Crippen molar-refractivity contribution in [3.63, 3.8) is 0 Å². The Kier molecular flexibility index (Phi) is 5.14. The summed E-state index contributed by atoms with van der Waals surface area (Å²) >= 11 is 1.74. The van der Waals surface area contributed by atoms with Gasteiger partial charge in [-0.15, -0.1) is 11.3 Å². The number of fused-ring (bicyclic) bond motifs is 1. The molecule has 1 aromatic heterocycles. The molecule has 4 amide bonds. The molecule has 2 aliphatic heterocycles. The van der Waals surface area contributed by atoms with Gasteiger partial charge in [-0.1, -0.05) is 37.3 Å². The number of nitrogens with zero attached hydrogens (tertiary/aromatic N) is 2. The zero-order chi connectivity index (χ0) is 20.6. The molecule has 2 N–H and O–H groups in total. The van der Waals surface area contributed by atoms with Gasteiger partial charge in [-0.3, -0.25) is 19.9 Å². The van der Waals surface area contributed by atoms with E-state index in [4.69, 9.17) is 0 Å². The molecule has 2 aliphatic rings. The van der Waals surface area contributed by atoms with E-state index in [0.717, 1.165) is 23.5 Å². The summed E-state index contributed by atoms with van der Waals surface area (Å²) in [5, 5.41) is 5.54. The number of thiophene rings is 1. The number of nitrogens with one attached hydrogen (secondary N) is 2. The van der Waals surface area contributed by atoms with Gasteiger partial charge in [-0.05, 0) is 42.3 Å². The second-order valence-electron chi connectivity index (χ2n) is 7.62. The zero-order valence-electron chi connectivity index (χ0n) is 16.5. The predicted molar refractivity (Wildman–Crippen MR) is 110 cm³/mol. The van der Waals surface area contributed by atoms with E-state index >= 15 is 0 Å². The summed E-state index contributed by atoms with van der Waals surface area (Å²) in [6, 6.07) is 11.6. The van der Waals surface area contributed by atoms with Crippen LogP contribution in [-0.2, 0) is 16.0 Å². The molecule has 4 rings (SSSR count). The Bertz CT molecular complexity index is 944. The number of urea groups is 1. The lowest BCUT2D eigenvalue weighted by molar-refractivity contribution is -0.139. The molecular weight excluding hydrogens is 388 g/mol. The van der Waals surface area contributed by atoms with E-state index in [2.05, 4.69) is 39.2 Å². The first-order valence-corrected chi connectivity index (χ1v) is 10.6. The molecule has 0 radical (unpaired) electrons. The second-order valence-corrected chi connectivity index (χ2v) is 8.62. The maximum Gasteiger partial charge on any atom is 0.344 e. The van der Waals surface area contributed by atoms with Crippen molar-refractivity contribution in [2.75, 3.05) is 13.1 Å². The molecule has 0 saturated carbocycles. The fourth-order valence-electron chi connectivity index (χ4n) is 3.93. The number of hydrogen-bond acceptors (Lipinski definition) is 5. The standard InChI is InChI=1S/C21H24N4O3S/c1-3-21(2)19(27)25(20(28)22-21)23-17(26)13-24-11-9-16-15(10-12-29-16)18(24)14-7-5-4-6-8-14/h4-8,10,12,18H,3,9,11,13H2,1-2H3,(H,22,28)(H,23,26)/t18-,21+/m1/s1. The summed E-state index contributed by atoms with van der Waals surface area (Å²) in [5.41, 5.74) is 3.86. The molecule has 2 aromatic rings. The number of amides is 4. The van der Waals surface area contributed by atoms with Crippen molar-refractivity contribution in [2.24, 2.45) is 0 Å². The van der Waals surface area contributed by atoms with Crippen LogP contribution in [0.15, 0.2) is 41.8 Å².